The van der Waals surface area contributed by atoms with Crippen molar-refractivity contribution in [3.05, 3.63) is 97.2 Å². The van der Waals surface area contributed by atoms with E-state index in [1.54, 1.807) is 6.08 Å². The largest absolute Gasteiger partial charge is 0.394 e. The quantitative estimate of drug-likeness (QED) is 0.0199. The van der Waals surface area contributed by atoms with E-state index in [1.807, 2.05) is 6.08 Å². The van der Waals surface area contributed by atoms with Crippen molar-refractivity contribution in [2.24, 2.45) is 0 Å². The van der Waals surface area contributed by atoms with Crippen LogP contribution in [-0.4, -0.2) is 193 Å². The monoisotopic (exact) mass is 1400 g/mol. The number of carbonyl (C=O) groups is 1. The lowest BCUT2D eigenvalue weighted by molar-refractivity contribution is -0.379. The fourth-order valence-corrected chi connectivity index (χ4v) is 12.6. The van der Waals surface area contributed by atoms with Crippen LogP contribution in [0.25, 0.3) is 0 Å². The SMILES string of the molecule is CC/C=C\C/C=C\C/C=C\C/C=C\C/C=C\C/C=C\CCCCCCCCCCCCCCCCCCCCC(=O)NC(COC1OC(CO)C(OC2OC(CO)C(OC3OC(CO)C(O)C(O)C3O)C(O)C2O)C(O)C1O)C(O)/C=C/CC/C=C/CCCCCCCCCCCCC. The van der Waals surface area contributed by atoms with E-state index in [2.05, 4.69) is 104 Å². The maximum atomic E-state index is 13.4. The van der Waals surface area contributed by atoms with Gasteiger partial charge in [0.1, 0.15) is 73.2 Å². The minimum absolute atomic E-state index is 0.233. The number of unbranched alkanes of at least 4 members (excludes halogenated alkanes) is 30. The molecule has 3 heterocycles. The molecule has 1 amide bonds. The first-order chi connectivity index (χ1) is 48.3. The van der Waals surface area contributed by atoms with E-state index in [-0.39, 0.29) is 18.9 Å². The van der Waals surface area contributed by atoms with Crippen LogP contribution in [0.2, 0.25) is 0 Å². The summed E-state index contributed by atoms with van der Waals surface area (Å²) in [6.07, 6.45) is 54.0. The van der Waals surface area contributed by atoms with Crippen molar-refractivity contribution >= 4 is 5.91 Å². The lowest BCUT2D eigenvalue weighted by Gasteiger charge is -2.48. The van der Waals surface area contributed by atoms with Gasteiger partial charge in [-0.15, -0.1) is 0 Å². The summed E-state index contributed by atoms with van der Waals surface area (Å²) in [5.74, 6) is -0.285. The molecule has 19 nitrogen and oxygen atoms in total. The highest BCUT2D eigenvalue weighted by Gasteiger charge is 2.53. The van der Waals surface area contributed by atoms with Crippen LogP contribution in [0.3, 0.4) is 0 Å². The molecule has 0 radical (unpaired) electrons. The normalized spacial score (nSPS) is 27.1. The maximum Gasteiger partial charge on any atom is 0.220 e. The first kappa shape index (κ1) is 89.9. The third-order valence-corrected chi connectivity index (χ3v) is 18.9. The minimum atomic E-state index is -1.98. The third kappa shape index (κ3) is 40.5. The summed E-state index contributed by atoms with van der Waals surface area (Å²) < 4.78 is 34.4. The Morgan fingerprint density at radius 3 is 1.13 bits per heavy atom. The summed E-state index contributed by atoms with van der Waals surface area (Å²) in [6, 6.07) is -0.994. The number of ether oxygens (including phenoxy) is 6. The molecule has 3 rings (SSSR count). The number of aliphatic hydroxyl groups is 11. The molecule has 0 aliphatic carbocycles. The zero-order valence-corrected chi connectivity index (χ0v) is 60.9. The number of rotatable bonds is 60. The van der Waals surface area contributed by atoms with Gasteiger partial charge in [-0.1, -0.05) is 278 Å². The first-order valence-electron chi connectivity index (χ1n) is 39.0. The lowest BCUT2D eigenvalue weighted by atomic mass is 9.96. The van der Waals surface area contributed by atoms with Crippen LogP contribution in [0.15, 0.2) is 97.2 Å². The number of carbonyl (C=O) groups excluding carboxylic acids is 1. The van der Waals surface area contributed by atoms with Crippen molar-refractivity contribution < 1.29 is 89.4 Å². The second kappa shape index (κ2) is 60.0. The highest BCUT2D eigenvalue weighted by atomic mass is 16.8. The summed E-state index contributed by atoms with van der Waals surface area (Å²) >= 11 is 0. The number of allylic oxidation sites excluding steroid dienone is 15. The van der Waals surface area contributed by atoms with Crippen molar-refractivity contribution in [2.75, 3.05) is 26.4 Å². The molecule has 99 heavy (non-hydrogen) atoms. The second-order valence-corrected chi connectivity index (χ2v) is 27.4. The lowest BCUT2D eigenvalue weighted by Crippen LogP contribution is -2.66. The number of aliphatic hydroxyl groups excluding tert-OH is 11. The topological polar surface area (TPSA) is 307 Å². The van der Waals surface area contributed by atoms with E-state index in [9.17, 15) is 61.0 Å². The smallest absolute Gasteiger partial charge is 0.220 e. The summed E-state index contributed by atoms with van der Waals surface area (Å²) in [7, 11) is 0. The Morgan fingerprint density at radius 2 is 0.707 bits per heavy atom. The third-order valence-electron chi connectivity index (χ3n) is 18.9. The van der Waals surface area contributed by atoms with Gasteiger partial charge in [-0.2, -0.15) is 0 Å². The summed E-state index contributed by atoms with van der Waals surface area (Å²) in [5.41, 5.74) is 0. The van der Waals surface area contributed by atoms with Gasteiger partial charge in [0.2, 0.25) is 5.91 Å². The van der Waals surface area contributed by atoms with Gasteiger partial charge < -0.3 is 89.9 Å². The molecular formula is C80H139NO18. The zero-order valence-electron chi connectivity index (χ0n) is 60.9. The van der Waals surface area contributed by atoms with E-state index >= 15 is 0 Å². The van der Waals surface area contributed by atoms with E-state index < -0.39 is 124 Å². The second-order valence-electron chi connectivity index (χ2n) is 27.4. The molecule has 19 heteroatoms. The maximum absolute atomic E-state index is 13.4. The van der Waals surface area contributed by atoms with Gasteiger partial charge >= 0.3 is 0 Å². The summed E-state index contributed by atoms with van der Waals surface area (Å²) in [4.78, 5) is 13.4. The van der Waals surface area contributed by atoms with Gasteiger partial charge in [-0.05, 0) is 83.5 Å². The van der Waals surface area contributed by atoms with Crippen LogP contribution >= 0.6 is 0 Å². The number of nitrogens with one attached hydrogen (secondary N) is 1. The minimum Gasteiger partial charge on any atom is -0.394 e. The van der Waals surface area contributed by atoms with Gasteiger partial charge in [0.15, 0.2) is 18.9 Å². The highest BCUT2D eigenvalue weighted by molar-refractivity contribution is 5.76. The summed E-state index contributed by atoms with van der Waals surface area (Å²) in [5, 5.41) is 121. The van der Waals surface area contributed by atoms with Gasteiger partial charge in [0, 0.05) is 6.42 Å². The molecule has 17 atom stereocenters. The Morgan fingerprint density at radius 1 is 0.374 bits per heavy atom. The molecule has 0 aromatic carbocycles. The Kier molecular flexibility index (Phi) is 54.5. The first-order valence-corrected chi connectivity index (χ1v) is 39.0. The molecule has 3 aliphatic heterocycles. The number of hydrogen-bond donors (Lipinski definition) is 12. The molecule has 0 spiro atoms. The summed E-state index contributed by atoms with van der Waals surface area (Å²) in [6.45, 7) is 1.61. The Hall–Kier alpha value is -3.29. The molecule has 3 fully saturated rings. The van der Waals surface area contributed by atoms with Crippen LogP contribution < -0.4 is 5.32 Å². The van der Waals surface area contributed by atoms with Crippen molar-refractivity contribution in [3.8, 4) is 0 Å². The average Bonchev–Trinajstić information content (AvgIpc) is 0.786. The highest BCUT2D eigenvalue weighted by Crippen LogP contribution is 2.33. The van der Waals surface area contributed by atoms with E-state index in [0.29, 0.717) is 12.8 Å². The zero-order chi connectivity index (χ0) is 71.8. The van der Waals surface area contributed by atoms with E-state index in [0.717, 1.165) is 77.0 Å². The van der Waals surface area contributed by atoms with Crippen LogP contribution in [0.4, 0.5) is 0 Å². The fraction of sp³-hybridized carbons (Fsp3) is 0.787. The molecule has 3 aliphatic rings. The van der Waals surface area contributed by atoms with Gasteiger partial charge in [0.25, 0.3) is 0 Å². The van der Waals surface area contributed by atoms with Crippen LogP contribution in [-0.2, 0) is 33.2 Å². The average molecular weight is 1400 g/mol. The molecular weight excluding hydrogens is 1260 g/mol. The van der Waals surface area contributed by atoms with Crippen molar-refractivity contribution in [1.29, 1.82) is 0 Å². The Labute approximate surface area is 596 Å². The molecule has 0 bridgehead atoms. The predicted octanol–water partition coefficient (Wildman–Crippen LogP) is 12.4. The molecule has 17 unspecified atom stereocenters. The molecule has 572 valence electrons. The van der Waals surface area contributed by atoms with Gasteiger partial charge in [0.05, 0.1) is 38.6 Å². The number of hydrogen-bond acceptors (Lipinski definition) is 18. The van der Waals surface area contributed by atoms with Crippen molar-refractivity contribution in [3.63, 3.8) is 0 Å². The Bertz CT molecular complexity index is 2170. The van der Waals surface area contributed by atoms with Gasteiger partial charge in [-0.25, -0.2) is 0 Å². The van der Waals surface area contributed by atoms with Crippen molar-refractivity contribution in [2.45, 2.75) is 375 Å². The van der Waals surface area contributed by atoms with E-state index in [1.165, 1.54) is 161 Å². The van der Waals surface area contributed by atoms with Crippen LogP contribution in [0.5, 0.6) is 0 Å². The molecule has 0 saturated carbocycles. The van der Waals surface area contributed by atoms with Crippen LogP contribution in [0, 0.1) is 0 Å². The number of amides is 1. The molecule has 12 N–H and O–H groups in total. The van der Waals surface area contributed by atoms with Crippen LogP contribution in [0.1, 0.15) is 271 Å². The van der Waals surface area contributed by atoms with E-state index in [4.69, 9.17) is 28.4 Å². The Balaban J connectivity index is 1.34. The van der Waals surface area contributed by atoms with Gasteiger partial charge in [-0.3, -0.25) is 4.79 Å². The predicted molar refractivity (Wildman–Crippen MR) is 392 cm³/mol. The molecule has 0 aromatic rings. The van der Waals surface area contributed by atoms with Crippen molar-refractivity contribution in [1.82, 2.24) is 5.32 Å². The fourth-order valence-electron chi connectivity index (χ4n) is 12.6. The molecule has 0 aromatic heterocycles. The standard InChI is InChI=1S/C80H139NO18/c1-3-5-7-9-11-13-15-17-19-21-22-23-24-25-26-27-28-29-30-31-32-33-34-35-36-37-38-39-40-42-44-46-48-50-52-54-56-58-68(86)81-63(64(85)57-55-53-51-49-47-45-43-41-20-18-16-14-12-10-8-6-4-2)62-94-78-74(92)71(89)76(66(60-83)96-78)99-80-75(93)72(90)77(67(61-84)97-80)98-79-73(91)70(88)69(87)65(59-82)95-79/h5,7,11,13,17,19,22-23,25-26,28-29,47,49,55,57,63-67,69-80,82-85,87-93H,3-4,6,8-10,12,14-16,18,20-21,24,27,30-46,48,50-54,56,58-62H2,1-2H3,(H,81,86)/b7-5-,13-11-,19-17-,23-22-,26-25-,29-28-,49-47+,57-55+. The molecule has 3 saturated heterocycles.